The van der Waals surface area contributed by atoms with Gasteiger partial charge in [-0.3, -0.25) is 9.59 Å². The van der Waals surface area contributed by atoms with Crippen LogP contribution in [0.5, 0.6) is 0 Å². The van der Waals surface area contributed by atoms with Crippen molar-refractivity contribution in [1.29, 1.82) is 0 Å². The molecule has 0 atom stereocenters. The Hall–Kier alpha value is -2.51. The number of aryl methyl sites for hydroxylation is 1. The summed E-state index contributed by atoms with van der Waals surface area (Å²) in [5.74, 6) is -0.249. The first-order chi connectivity index (χ1) is 13.0. The molecule has 0 unspecified atom stereocenters. The van der Waals surface area contributed by atoms with Crippen LogP contribution in [0.1, 0.15) is 0 Å². The molecule has 0 bridgehead atoms. The van der Waals surface area contributed by atoms with Crippen molar-refractivity contribution in [3.05, 3.63) is 53.6 Å². The Kier molecular flexibility index (Phi) is 6.03. The van der Waals surface area contributed by atoms with Crippen molar-refractivity contribution >= 4 is 51.9 Å². The fourth-order valence-electron chi connectivity index (χ4n) is 2.54. The maximum Gasteiger partial charge on any atom is 0.244 e. The second-order valence-corrected chi connectivity index (χ2v) is 7.36. The SMILES string of the molecule is CN(CC(=O)Nc1ccccc1Cl)C(=O)CSc1nc2ccccc2n1C. The molecule has 27 heavy (non-hydrogen) atoms. The summed E-state index contributed by atoms with van der Waals surface area (Å²) in [6.07, 6.45) is 0. The molecule has 1 N–H and O–H groups in total. The predicted molar refractivity (Wildman–Crippen MR) is 109 cm³/mol. The van der Waals surface area contributed by atoms with Crippen LogP contribution >= 0.6 is 23.4 Å². The van der Waals surface area contributed by atoms with E-state index in [9.17, 15) is 9.59 Å². The summed E-state index contributed by atoms with van der Waals surface area (Å²) < 4.78 is 1.96. The first kappa shape index (κ1) is 19.3. The van der Waals surface area contributed by atoms with E-state index in [-0.39, 0.29) is 24.1 Å². The molecule has 0 spiro atoms. The highest BCUT2D eigenvalue weighted by molar-refractivity contribution is 7.99. The molecule has 2 aromatic carbocycles. The van der Waals surface area contributed by atoms with Crippen LogP contribution in [-0.4, -0.2) is 45.6 Å². The van der Waals surface area contributed by atoms with Gasteiger partial charge < -0.3 is 14.8 Å². The lowest BCUT2D eigenvalue weighted by atomic mass is 10.3. The van der Waals surface area contributed by atoms with Gasteiger partial charge in [-0.05, 0) is 24.3 Å². The second-order valence-electron chi connectivity index (χ2n) is 6.01. The number of halogens is 1. The summed E-state index contributed by atoms with van der Waals surface area (Å²) in [4.78, 5) is 30.4. The van der Waals surface area contributed by atoms with Crippen molar-refractivity contribution in [2.45, 2.75) is 5.16 Å². The second kappa shape index (κ2) is 8.45. The topological polar surface area (TPSA) is 67.2 Å². The Bertz CT molecular complexity index is 989. The number of benzene rings is 2. The van der Waals surface area contributed by atoms with Crippen LogP contribution in [0, 0.1) is 0 Å². The minimum absolute atomic E-state index is 0.0485. The molecule has 2 amide bonds. The lowest BCUT2D eigenvalue weighted by molar-refractivity contribution is -0.131. The van der Waals surface area contributed by atoms with Gasteiger partial charge in [0.1, 0.15) is 0 Å². The van der Waals surface area contributed by atoms with Crippen LogP contribution in [-0.2, 0) is 16.6 Å². The summed E-state index contributed by atoms with van der Waals surface area (Å²) in [7, 11) is 3.52. The van der Waals surface area contributed by atoms with Gasteiger partial charge in [0, 0.05) is 14.1 Å². The van der Waals surface area contributed by atoms with E-state index in [4.69, 9.17) is 11.6 Å². The van der Waals surface area contributed by atoms with Crippen molar-refractivity contribution in [2.24, 2.45) is 7.05 Å². The fourth-order valence-corrected chi connectivity index (χ4v) is 3.66. The molecular formula is C19H19ClN4O2S. The highest BCUT2D eigenvalue weighted by Crippen LogP contribution is 2.23. The molecule has 0 aliphatic heterocycles. The first-order valence-electron chi connectivity index (χ1n) is 8.28. The summed E-state index contributed by atoms with van der Waals surface area (Å²) in [6.45, 7) is -0.0485. The smallest absolute Gasteiger partial charge is 0.244 e. The van der Waals surface area contributed by atoms with E-state index < -0.39 is 0 Å². The Morgan fingerprint density at radius 3 is 2.63 bits per heavy atom. The van der Waals surface area contributed by atoms with Crippen molar-refractivity contribution in [1.82, 2.24) is 14.5 Å². The number of hydrogen-bond donors (Lipinski definition) is 1. The minimum atomic E-state index is -0.299. The van der Waals surface area contributed by atoms with Crippen LogP contribution in [0.15, 0.2) is 53.7 Å². The number of nitrogens with one attached hydrogen (secondary N) is 1. The van der Waals surface area contributed by atoms with Crippen molar-refractivity contribution < 1.29 is 9.59 Å². The Balaban J connectivity index is 1.55. The average molecular weight is 403 g/mol. The Labute approximate surface area is 166 Å². The molecule has 1 aromatic heterocycles. The molecule has 8 heteroatoms. The van der Waals surface area contributed by atoms with Crippen LogP contribution in [0.3, 0.4) is 0 Å². The normalized spacial score (nSPS) is 10.8. The zero-order chi connectivity index (χ0) is 19.4. The molecule has 0 aliphatic carbocycles. The monoisotopic (exact) mass is 402 g/mol. The van der Waals surface area contributed by atoms with Crippen molar-refractivity contribution in [3.8, 4) is 0 Å². The third-order valence-corrected chi connectivity index (χ3v) is 5.37. The number of fused-ring (bicyclic) bond motifs is 1. The molecule has 0 radical (unpaired) electrons. The summed E-state index contributed by atoms with van der Waals surface area (Å²) in [5, 5.41) is 3.93. The zero-order valence-corrected chi connectivity index (χ0v) is 16.5. The molecule has 140 valence electrons. The van der Waals surface area contributed by atoms with E-state index >= 15 is 0 Å². The van der Waals surface area contributed by atoms with Gasteiger partial charge in [-0.25, -0.2) is 4.98 Å². The number of nitrogens with zero attached hydrogens (tertiary/aromatic N) is 3. The van der Waals surface area contributed by atoms with Crippen LogP contribution in [0.4, 0.5) is 5.69 Å². The summed E-state index contributed by atoms with van der Waals surface area (Å²) in [5.41, 5.74) is 2.43. The van der Waals surface area contributed by atoms with Gasteiger partial charge in [-0.1, -0.05) is 47.6 Å². The highest BCUT2D eigenvalue weighted by atomic mass is 35.5. The molecule has 0 saturated carbocycles. The number of carbonyl (C=O) groups is 2. The zero-order valence-electron chi connectivity index (χ0n) is 15.0. The number of thioether (sulfide) groups is 1. The molecular weight excluding hydrogens is 384 g/mol. The number of imidazole rings is 1. The first-order valence-corrected chi connectivity index (χ1v) is 9.64. The number of anilines is 1. The highest BCUT2D eigenvalue weighted by Gasteiger charge is 2.16. The molecule has 0 saturated heterocycles. The molecule has 0 fully saturated rings. The molecule has 3 rings (SSSR count). The van der Waals surface area contributed by atoms with Crippen molar-refractivity contribution in [2.75, 3.05) is 24.7 Å². The van der Waals surface area contributed by atoms with E-state index in [0.29, 0.717) is 10.7 Å². The number of hydrogen-bond acceptors (Lipinski definition) is 4. The maximum atomic E-state index is 12.4. The van der Waals surface area contributed by atoms with Gasteiger partial charge in [0.2, 0.25) is 11.8 Å². The number of rotatable bonds is 6. The number of carbonyl (C=O) groups excluding carboxylic acids is 2. The summed E-state index contributed by atoms with van der Waals surface area (Å²) >= 11 is 7.38. The van der Waals surface area contributed by atoms with Crippen LogP contribution in [0.2, 0.25) is 5.02 Å². The standard InChI is InChI=1S/C19H19ClN4O2S/c1-23(11-17(25)21-14-8-4-3-7-13(14)20)18(26)12-27-19-22-15-9-5-6-10-16(15)24(19)2/h3-10H,11-12H2,1-2H3,(H,21,25). The minimum Gasteiger partial charge on any atom is -0.336 e. The van der Waals surface area contributed by atoms with E-state index in [1.807, 2.05) is 35.9 Å². The van der Waals surface area contributed by atoms with Crippen LogP contribution in [0.25, 0.3) is 11.0 Å². The summed E-state index contributed by atoms with van der Waals surface area (Å²) in [6, 6.07) is 14.8. The third-order valence-electron chi connectivity index (χ3n) is 4.03. The van der Waals surface area contributed by atoms with Gasteiger partial charge in [-0.2, -0.15) is 0 Å². The van der Waals surface area contributed by atoms with Gasteiger partial charge in [0.05, 0.1) is 34.0 Å². The lowest BCUT2D eigenvalue weighted by Crippen LogP contribution is -2.36. The quantitative estimate of drug-likeness (QED) is 0.641. The molecule has 6 nitrogen and oxygen atoms in total. The van der Waals surface area contributed by atoms with Gasteiger partial charge in [-0.15, -0.1) is 0 Å². The van der Waals surface area contributed by atoms with Gasteiger partial charge in [0.15, 0.2) is 5.16 Å². The van der Waals surface area contributed by atoms with E-state index in [1.54, 1.807) is 31.3 Å². The molecule has 3 aromatic rings. The maximum absolute atomic E-state index is 12.4. The lowest BCUT2D eigenvalue weighted by Gasteiger charge is -2.17. The number of para-hydroxylation sites is 3. The van der Waals surface area contributed by atoms with E-state index in [0.717, 1.165) is 16.2 Å². The number of aromatic nitrogens is 2. The largest absolute Gasteiger partial charge is 0.336 e. The molecule has 1 heterocycles. The molecule has 0 aliphatic rings. The Morgan fingerprint density at radius 2 is 1.89 bits per heavy atom. The van der Waals surface area contributed by atoms with E-state index in [2.05, 4.69) is 10.3 Å². The Morgan fingerprint density at radius 1 is 1.19 bits per heavy atom. The van der Waals surface area contributed by atoms with E-state index in [1.165, 1.54) is 16.7 Å². The van der Waals surface area contributed by atoms with Crippen molar-refractivity contribution in [3.63, 3.8) is 0 Å². The number of amides is 2. The average Bonchev–Trinajstić information content (AvgIpc) is 2.97. The van der Waals surface area contributed by atoms with Gasteiger partial charge in [0.25, 0.3) is 0 Å². The fraction of sp³-hybridized carbons (Fsp3) is 0.211. The van der Waals surface area contributed by atoms with Gasteiger partial charge >= 0.3 is 0 Å². The van der Waals surface area contributed by atoms with Crippen LogP contribution < -0.4 is 5.32 Å². The predicted octanol–water partition coefficient (Wildman–Crippen LogP) is 3.42. The number of likely N-dealkylation sites (N-methyl/N-ethyl adjacent to an activating group) is 1. The third kappa shape index (κ3) is 4.61.